The van der Waals surface area contributed by atoms with Gasteiger partial charge in [-0.1, -0.05) is 0 Å². The maximum absolute atomic E-state index is 11.6. The number of benzene rings is 1. The molecule has 8 nitrogen and oxygen atoms in total. The molecular formula is C11H12N2O6. The monoisotopic (exact) mass is 268 g/mol. The fourth-order valence-electron chi connectivity index (χ4n) is 1.38. The van der Waals surface area contributed by atoms with Crippen LogP contribution in [0.3, 0.4) is 0 Å². The maximum Gasteiger partial charge on any atom is 0.334 e. The lowest BCUT2D eigenvalue weighted by molar-refractivity contribution is -0.385. The Labute approximate surface area is 107 Å². The third-order valence-electron chi connectivity index (χ3n) is 2.40. The van der Waals surface area contributed by atoms with Crippen LogP contribution in [-0.4, -0.2) is 39.7 Å². The molecular weight excluding hydrogens is 256 g/mol. The quantitative estimate of drug-likeness (QED) is 0.512. The first-order valence-corrected chi connectivity index (χ1v) is 5.27. The highest BCUT2D eigenvalue weighted by Gasteiger charge is 2.17. The zero-order valence-electron chi connectivity index (χ0n) is 9.99. The highest BCUT2D eigenvalue weighted by atomic mass is 16.6. The molecule has 0 spiro atoms. The summed E-state index contributed by atoms with van der Waals surface area (Å²) in [7, 11) is 0. The van der Waals surface area contributed by atoms with E-state index in [2.05, 4.69) is 5.32 Å². The van der Waals surface area contributed by atoms with Gasteiger partial charge in [-0.05, 0) is 19.1 Å². The number of aryl methyl sites for hydroxylation is 1. The number of carboxylic acid groups (broad SMARTS) is 1. The molecule has 1 amide bonds. The first-order valence-electron chi connectivity index (χ1n) is 5.27. The summed E-state index contributed by atoms with van der Waals surface area (Å²) in [5.41, 5.74) is 0.360. The molecule has 0 aliphatic heterocycles. The molecule has 0 radical (unpaired) electrons. The van der Waals surface area contributed by atoms with Gasteiger partial charge in [0.2, 0.25) is 0 Å². The summed E-state index contributed by atoms with van der Waals surface area (Å²) in [4.78, 5) is 32.0. The average Bonchev–Trinajstić information content (AvgIpc) is 2.34. The molecule has 0 unspecified atom stereocenters. The SMILES string of the molecule is Cc1cc(C(=O)NC[C@H](O)C(=O)O)ccc1[N+](=O)[O-]. The number of aliphatic hydroxyl groups excluding tert-OH is 1. The van der Waals surface area contributed by atoms with Crippen LogP contribution in [-0.2, 0) is 4.79 Å². The van der Waals surface area contributed by atoms with Crippen LogP contribution in [0.15, 0.2) is 18.2 Å². The second-order valence-corrected chi connectivity index (χ2v) is 3.82. The molecule has 1 atom stereocenters. The largest absolute Gasteiger partial charge is 0.479 e. The molecule has 0 aliphatic carbocycles. The van der Waals surface area contributed by atoms with E-state index in [-0.39, 0.29) is 11.3 Å². The smallest absolute Gasteiger partial charge is 0.334 e. The first kappa shape index (κ1) is 14.6. The van der Waals surface area contributed by atoms with Gasteiger partial charge in [0.05, 0.1) is 11.5 Å². The number of nitrogens with one attached hydrogen (secondary N) is 1. The average molecular weight is 268 g/mol. The van der Waals surface area contributed by atoms with Crippen molar-refractivity contribution in [3.63, 3.8) is 0 Å². The van der Waals surface area contributed by atoms with Gasteiger partial charge >= 0.3 is 5.97 Å². The van der Waals surface area contributed by atoms with Crippen molar-refractivity contribution in [2.45, 2.75) is 13.0 Å². The van der Waals surface area contributed by atoms with Crippen molar-refractivity contribution in [3.05, 3.63) is 39.4 Å². The van der Waals surface area contributed by atoms with Crippen molar-refractivity contribution in [1.82, 2.24) is 5.32 Å². The van der Waals surface area contributed by atoms with E-state index >= 15 is 0 Å². The number of nitro benzene ring substituents is 1. The molecule has 3 N–H and O–H groups in total. The Hall–Kier alpha value is -2.48. The predicted octanol–water partition coefficient (Wildman–Crippen LogP) is 0.0785. The van der Waals surface area contributed by atoms with Gasteiger partial charge in [0.1, 0.15) is 0 Å². The lowest BCUT2D eigenvalue weighted by atomic mass is 10.1. The van der Waals surface area contributed by atoms with Gasteiger partial charge in [-0.2, -0.15) is 0 Å². The van der Waals surface area contributed by atoms with Gasteiger partial charge < -0.3 is 15.5 Å². The molecule has 19 heavy (non-hydrogen) atoms. The molecule has 0 saturated heterocycles. The number of aliphatic carboxylic acids is 1. The number of aliphatic hydroxyl groups is 1. The molecule has 0 aromatic heterocycles. The van der Waals surface area contributed by atoms with E-state index in [9.17, 15) is 19.7 Å². The van der Waals surface area contributed by atoms with Crippen LogP contribution in [0.2, 0.25) is 0 Å². The number of carbonyl (C=O) groups is 2. The normalized spacial score (nSPS) is 11.7. The van der Waals surface area contributed by atoms with E-state index < -0.39 is 29.4 Å². The van der Waals surface area contributed by atoms with Gasteiger partial charge in [-0.15, -0.1) is 0 Å². The van der Waals surface area contributed by atoms with Crippen LogP contribution >= 0.6 is 0 Å². The number of carbonyl (C=O) groups excluding carboxylic acids is 1. The Morgan fingerprint density at radius 3 is 2.58 bits per heavy atom. The number of carboxylic acids is 1. The van der Waals surface area contributed by atoms with E-state index in [0.29, 0.717) is 5.56 Å². The van der Waals surface area contributed by atoms with Crippen LogP contribution < -0.4 is 5.32 Å². The minimum absolute atomic E-state index is 0.109. The third kappa shape index (κ3) is 3.75. The molecule has 0 heterocycles. The zero-order valence-corrected chi connectivity index (χ0v) is 9.99. The molecule has 1 aromatic carbocycles. The van der Waals surface area contributed by atoms with E-state index in [1.54, 1.807) is 0 Å². The molecule has 1 rings (SSSR count). The third-order valence-corrected chi connectivity index (χ3v) is 2.40. The van der Waals surface area contributed by atoms with Crippen LogP contribution in [0.1, 0.15) is 15.9 Å². The Balaban J connectivity index is 2.76. The standard InChI is InChI=1S/C11H12N2O6/c1-6-4-7(2-3-8(6)13(18)19)10(15)12-5-9(14)11(16)17/h2-4,9,14H,5H2,1H3,(H,12,15)(H,16,17)/t9-/m0/s1. The van der Waals surface area contributed by atoms with E-state index in [0.717, 1.165) is 0 Å². The first-order chi connectivity index (χ1) is 8.82. The summed E-state index contributed by atoms with van der Waals surface area (Å²) < 4.78 is 0. The minimum atomic E-state index is -1.69. The molecule has 0 saturated carbocycles. The second-order valence-electron chi connectivity index (χ2n) is 3.82. The van der Waals surface area contributed by atoms with Crippen LogP contribution in [0, 0.1) is 17.0 Å². The zero-order chi connectivity index (χ0) is 14.6. The van der Waals surface area contributed by atoms with Gasteiger partial charge in [0.25, 0.3) is 11.6 Å². The molecule has 1 aromatic rings. The number of nitrogens with zero attached hydrogens (tertiary/aromatic N) is 1. The highest BCUT2D eigenvalue weighted by Crippen LogP contribution is 2.18. The fraction of sp³-hybridized carbons (Fsp3) is 0.273. The van der Waals surface area contributed by atoms with E-state index in [4.69, 9.17) is 10.2 Å². The summed E-state index contributed by atoms with van der Waals surface area (Å²) in [5, 5.41) is 30.2. The van der Waals surface area contributed by atoms with Crippen LogP contribution in [0.4, 0.5) is 5.69 Å². The number of amides is 1. The molecule has 0 fully saturated rings. The van der Waals surface area contributed by atoms with Crippen LogP contribution in [0.5, 0.6) is 0 Å². The van der Waals surface area contributed by atoms with Crippen molar-refractivity contribution in [2.24, 2.45) is 0 Å². The van der Waals surface area contributed by atoms with E-state index in [1.165, 1.54) is 25.1 Å². The summed E-state index contributed by atoms with van der Waals surface area (Å²) in [6.07, 6.45) is -1.69. The number of hydrogen-bond acceptors (Lipinski definition) is 5. The van der Waals surface area contributed by atoms with Gasteiger partial charge in [0, 0.05) is 17.2 Å². The minimum Gasteiger partial charge on any atom is -0.479 e. The maximum atomic E-state index is 11.6. The Morgan fingerprint density at radius 2 is 2.11 bits per heavy atom. The lowest BCUT2D eigenvalue weighted by Gasteiger charge is -2.08. The van der Waals surface area contributed by atoms with Crippen molar-refractivity contribution in [3.8, 4) is 0 Å². The van der Waals surface area contributed by atoms with Gasteiger partial charge in [-0.3, -0.25) is 14.9 Å². The van der Waals surface area contributed by atoms with Crippen molar-refractivity contribution < 1.29 is 24.7 Å². The molecule has 8 heteroatoms. The lowest BCUT2D eigenvalue weighted by Crippen LogP contribution is -2.36. The van der Waals surface area contributed by atoms with Crippen molar-refractivity contribution in [1.29, 1.82) is 0 Å². The Bertz CT molecular complexity index is 528. The van der Waals surface area contributed by atoms with Crippen molar-refractivity contribution >= 4 is 17.6 Å². The van der Waals surface area contributed by atoms with Gasteiger partial charge in [0.15, 0.2) is 6.10 Å². The summed E-state index contributed by atoms with van der Waals surface area (Å²) in [6, 6.07) is 3.77. The molecule has 0 bridgehead atoms. The summed E-state index contributed by atoms with van der Waals surface area (Å²) in [5.74, 6) is -2.06. The summed E-state index contributed by atoms with van der Waals surface area (Å²) in [6.45, 7) is 1.05. The number of rotatable bonds is 5. The predicted molar refractivity (Wildman–Crippen MR) is 63.8 cm³/mol. The second kappa shape index (κ2) is 5.91. The van der Waals surface area contributed by atoms with Gasteiger partial charge in [-0.25, -0.2) is 4.79 Å². The fourth-order valence-corrected chi connectivity index (χ4v) is 1.38. The number of hydrogen-bond donors (Lipinski definition) is 3. The van der Waals surface area contributed by atoms with Crippen molar-refractivity contribution in [2.75, 3.05) is 6.54 Å². The Morgan fingerprint density at radius 1 is 1.47 bits per heavy atom. The highest BCUT2D eigenvalue weighted by molar-refractivity contribution is 5.95. The van der Waals surface area contributed by atoms with Crippen LogP contribution in [0.25, 0.3) is 0 Å². The number of nitro groups is 1. The summed E-state index contributed by atoms with van der Waals surface area (Å²) >= 11 is 0. The van der Waals surface area contributed by atoms with E-state index in [1.807, 2.05) is 0 Å². The topological polar surface area (TPSA) is 130 Å². The molecule has 102 valence electrons. The Kier molecular flexibility index (Phi) is 4.54. The molecule has 0 aliphatic rings.